The van der Waals surface area contributed by atoms with Crippen molar-refractivity contribution in [1.29, 1.82) is 0 Å². The van der Waals surface area contributed by atoms with E-state index in [9.17, 15) is 61.0 Å². The molecule has 17 atom stereocenters. The van der Waals surface area contributed by atoms with Crippen LogP contribution < -0.4 is 5.32 Å². The number of nitrogens with one attached hydrogen (secondary N) is 1. The molecule has 19 nitrogen and oxygen atoms in total. The van der Waals surface area contributed by atoms with Crippen LogP contribution in [0.2, 0.25) is 0 Å². The van der Waals surface area contributed by atoms with Gasteiger partial charge in [-0.05, 0) is 12.8 Å². The molecular formula is C74H143NO18. The van der Waals surface area contributed by atoms with Crippen LogP contribution in [0.3, 0.4) is 0 Å². The molecule has 0 bridgehead atoms. The third kappa shape index (κ3) is 37.7. The monoisotopic (exact) mass is 1330 g/mol. The van der Waals surface area contributed by atoms with E-state index in [1.165, 1.54) is 257 Å². The van der Waals surface area contributed by atoms with E-state index in [-0.39, 0.29) is 18.9 Å². The van der Waals surface area contributed by atoms with Crippen molar-refractivity contribution in [3.8, 4) is 0 Å². The lowest BCUT2D eigenvalue weighted by atomic mass is 9.96. The Labute approximate surface area is 563 Å². The van der Waals surface area contributed by atoms with Crippen molar-refractivity contribution in [2.75, 3.05) is 26.4 Å². The topological polar surface area (TPSA) is 307 Å². The third-order valence-corrected chi connectivity index (χ3v) is 19.9. The fourth-order valence-electron chi connectivity index (χ4n) is 13.7. The summed E-state index contributed by atoms with van der Waals surface area (Å²) in [5.41, 5.74) is 0. The van der Waals surface area contributed by atoms with Crippen molar-refractivity contribution in [3.05, 3.63) is 0 Å². The van der Waals surface area contributed by atoms with Crippen LogP contribution in [0.15, 0.2) is 0 Å². The van der Waals surface area contributed by atoms with Crippen LogP contribution in [0, 0.1) is 0 Å². The molecule has 552 valence electrons. The van der Waals surface area contributed by atoms with Crippen molar-refractivity contribution < 1.29 is 89.4 Å². The van der Waals surface area contributed by atoms with E-state index >= 15 is 0 Å². The number of aliphatic hydroxyl groups excluding tert-OH is 11. The number of ether oxygens (including phenoxy) is 6. The molecule has 17 unspecified atom stereocenters. The smallest absolute Gasteiger partial charge is 0.220 e. The van der Waals surface area contributed by atoms with E-state index in [4.69, 9.17) is 28.4 Å². The van der Waals surface area contributed by atoms with Crippen molar-refractivity contribution in [1.82, 2.24) is 5.32 Å². The average molecular weight is 1330 g/mol. The Kier molecular flexibility index (Phi) is 52.3. The SMILES string of the molecule is CCCCCCCCCCCCCCCCCCCCCCCCCCCCCCCCCCCCC(=O)NC(COC1OC(CO)C(OC2OC(CO)C(OC3OC(CO)C(O)C(O)C3O)C(O)C2O)C(O)C1O)C(O)CCCCCCCCCCCCCCCC. The van der Waals surface area contributed by atoms with E-state index < -0.39 is 124 Å². The highest BCUT2D eigenvalue weighted by Crippen LogP contribution is 2.33. The summed E-state index contributed by atoms with van der Waals surface area (Å²) in [4.78, 5) is 13.4. The second-order valence-corrected chi connectivity index (χ2v) is 28.2. The molecule has 3 saturated heterocycles. The van der Waals surface area contributed by atoms with Crippen molar-refractivity contribution in [3.63, 3.8) is 0 Å². The summed E-state index contributed by atoms with van der Waals surface area (Å²) in [5, 5.41) is 121. The number of carbonyl (C=O) groups excluding carboxylic acids is 1. The quantitative estimate of drug-likeness (QED) is 0.0252. The van der Waals surface area contributed by atoms with Crippen LogP contribution in [0.25, 0.3) is 0 Å². The van der Waals surface area contributed by atoms with Gasteiger partial charge in [-0.3, -0.25) is 4.79 Å². The minimum Gasteiger partial charge on any atom is -0.394 e. The van der Waals surface area contributed by atoms with E-state index in [0.717, 1.165) is 44.9 Å². The van der Waals surface area contributed by atoms with Crippen LogP contribution in [0.4, 0.5) is 0 Å². The molecule has 3 rings (SSSR count). The number of aliphatic hydroxyl groups is 11. The van der Waals surface area contributed by atoms with Crippen LogP contribution in [-0.2, 0) is 33.2 Å². The van der Waals surface area contributed by atoms with Gasteiger partial charge < -0.3 is 89.9 Å². The van der Waals surface area contributed by atoms with E-state index in [0.29, 0.717) is 12.8 Å². The molecule has 0 aromatic rings. The molecule has 0 aliphatic carbocycles. The van der Waals surface area contributed by atoms with Crippen LogP contribution in [0.1, 0.15) is 335 Å². The van der Waals surface area contributed by atoms with E-state index in [1.54, 1.807) is 0 Å². The predicted octanol–water partition coefficient (Wildman–Crippen LogP) is 11.8. The number of hydrogen-bond donors (Lipinski definition) is 12. The highest BCUT2D eigenvalue weighted by atomic mass is 16.8. The Morgan fingerprint density at radius 1 is 0.344 bits per heavy atom. The van der Waals surface area contributed by atoms with Gasteiger partial charge in [0.15, 0.2) is 18.9 Å². The molecule has 0 radical (unpaired) electrons. The molecule has 12 N–H and O–H groups in total. The zero-order chi connectivity index (χ0) is 67.5. The maximum atomic E-state index is 13.4. The highest BCUT2D eigenvalue weighted by molar-refractivity contribution is 5.76. The summed E-state index contributed by atoms with van der Waals surface area (Å²) in [7, 11) is 0. The van der Waals surface area contributed by atoms with Gasteiger partial charge in [0, 0.05) is 6.42 Å². The largest absolute Gasteiger partial charge is 0.394 e. The first kappa shape index (κ1) is 86.0. The lowest BCUT2D eigenvalue weighted by Gasteiger charge is -2.48. The maximum Gasteiger partial charge on any atom is 0.220 e. The zero-order valence-electron chi connectivity index (χ0n) is 58.8. The summed E-state index contributed by atoms with van der Waals surface area (Å²) in [6, 6.07) is -0.882. The minimum atomic E-state index is -1.97. The molecule has 0 spiro atoms. The second kappa shape index (κ2) is 56.5. The Morgan fingerprint density at radius 3 is 0.935 bits per heavy atom. The predicted molar refractivity (Wildman–Crippen MR) is 365 cm³/mol. The molecule has 3 heterocycles. The molecule has 19 heteroatoms. The van der Waals surface area contributed by atoms with Gasteiger partial charge in [-0.25, -0.2) is 0 Å². The fraction of sp³-hybridized carbons (Fsp3) is 0.986. The van der Waals surface area contributed by atoms with Gasteiger partial charge in [0.05, 0.1) is 38.6 Å². The molecule has 3 aliphatic rings. The minimum absolute atomic E-state index is 0.235. The normalized spacial score (nSPS) is 27.4. The number of amides is 1. The lowest BCUT2D eigenvalue weighted by molar-refractivity contribution is -0.379. The molecule has 0 aromatic carbocycles. The first-order chi connectivity index (χ1) is 45.3. The summed E-state index contributed by atoms with van der Waals surface area (Å²) < 4.78 is 34.4. The molecule has 0 saturated carbocycles. The van der Waals surface area contributed by atoms with Gasteiger partial charge in [-0.15, -0.1) is 0 Å². The molecule has 1 amide bonds. The van der Waals surface area contributed by atoms with Gasteiger partial charge in [0.25, 0.3) is 0 Å². The first-order valence-electron chi connectivity index (χ1n) is 38.8. The maximum absolute atomic E-state index is 13.4. The number of carbonyl (C=O) groups is 1. The van der Waals surface area contributed by atoms with Gasteiger partial charge >= 0.3 is 0 Å². The zero-order valence-corrected chi connectivity index (χ0v) is 58.8. The fourth-order valence-corrected chi connectivity index (χ4v) is 13.7. The number of rotatable bonds is 62. The van der Waals surface area contributed by atoms with Crippen LogP contribution in [0.5, 0.6) is 0 Å². The molecule has 3 aliphatic heterocycles. The summed E-state index contributed by atoms with van der Waals surface area (Å²) >= 11 is 0. The standard InChI is InChI=1S/C74H143NO18/c1-3-5-7-9-11-13-15-17-19-20-21-22-23-24-25-26-27-28-29-30-31-32-33-34-35-36-37-38-40-42-44-46-48-50-52-62(80)75-57(58(79)51-49-47-45-43-41-39-18-16-14-12-10-8-6-4-2)56-88-72-68(86)65(83)70(60(54-77)90-72)93-74-69(87)66(84)71(61(55-78)91-74)92-73-67(85)64(82)63(81)59(53-76)89-73/h57-61,63-74,76-79,81-87H,3-56H2,1-2H3,(H,75,80). The summed E-state index contributed by atoms with van der Waals surface area (Å²) in [6.07, 6.45) is 36.5. The van der Waals surface area contributed by atoms with Gasteiger partial charge in [-0.1, -0.05) is 316 Å². The lowest BCUT2D eigenvalue weighted by Crippen LogP contribution is -2.66. The first-order valence-corrected chi connectivity index (χ1v) is 38.8. The second-order valence-electron chi connectivity index (χ2n) is 28.2. The molecular weight excluding hydrogens is 1190 g/mol. The van der Waals surface area contributed by atoms with Crippen molar-refractivity contribution in [2.24, 2.45) is 0 Å². The van der Waals surface area contributed by atoms with Gasteiger partial charge in [0.1, 0.15) is 73.2 Å². The number of unbranched alkanes of at least 4 members (excludes halogenated alkanes) is 46. The molecule has 0 aromatic heterocycles. The Morgan fingerprint density at radius 2 is 0.613 bits per heavy atom. The van der Waals surface area contributed by atoms with Crippen molar-refractivity contribution >= 4 is 5.91 Å². The third-order valence-electron chi connectivity index (χ3n) is 19.9. The highest BCUT2D eigenvalue weighted by Gasteiger charge is 2.54. The summed E-state index contributed by atoms with van der Waals surface area (Å²) in [6.45, 7) is 1.85. The number of hydrogen-bond acceptors (Lipinski definition) is 18. The van der Waals surface area contributed by atoms with Gasteiger partial charge in [-0.2, -0.15) is 0 Å². The van der Waals surface area contributed by atoms with E-state index in [1.807, 2.05) is 0 Å². The van der Waals surface area contributed by atoms with Gasteiger partial charge in [0.2, 0.25) is 5.91 Å². The Balaban J connectivity index is 1.31. The average Bonchev–Trinajstić information content (AvgIpc) is 0.888. The molecule has 93 heavy (non-hydrogen) atoms. The van der Waals surface area contributed by atoms with E-state index in [2.05, 4.69) is 19.2 Å². The Bertz CT molecular complexity index is 1690. The van der Waals surface area contributed by atoms with Crippen LogP contribution in [-0.4, -0.2) is 193 Å². The van der Waals surface area contributed by atoms with Crippen LogP contribution >= 0.6 is 0 Å². The molecule has 3 fully saturated rings. The van der Waals surface area contributed by atoms with Crippen molar-refractivity contribution in [2.45, 2.75) is 439 Å². The Hall–Kier alpha value is -1.21. The summed E-state index contributed by atoms with van der Waals surface area (Å²) in [5.74, 6) is -0.235.